The van der Waals surface area contributed by atoms with Gasteiger partial charge < -0.3 is 9.64 Å². The highest BCUT2D eigenvalue weighted by atomic mass is 16.5. The summed E-state index contributed by atoms with van der Waals surface area (Å²) in [6.07, 6.45) is 3.25. The number of nitrogens with zero attached hydrogens (tertiary/aromatic N) is 3. The van der Waals surface area contributed by atoms with E-state index in [0.29, 0.717) is 18.7 Å². The molecule has 0 aliphatic heterocycles. The lowest BCUT2D eigenvalue weighted by Crippen LogP contribution is -2.42. The zero-order valence-corrected chi connectivity index (χ0v) is 13.1. The number of aromatic nitrogens is 1. The molecule has 0 saturated carbocycles. The topological polar surface area (TPSA) is 62.7 Å². The number of carbonyl (C=O) groups is 2. The van der Waals surface area contributed by atoms with Crippen molar-refractivity contribution in [2.24, 2.45) is 0 Å². The number of esters is 1. The zero-order chi connectivity index (χ0) is 15.8. The summed E-state index contributed by atoms with van der Waals surface area (Å²) in [5.74, 6) is -0.418. The third kappa shape index (κ3) is 4.53. The molecule has 1 amide bonds. The Labute approximate surface area is 125 Å². The molecule has 0 aliphatic rings. The highest BCUT2D eigenvalue weighted by Gasteiger charge is 2.28. The number of likely N-dealkylation sites (N-methyl/N-ethyl adjacent to an activating group) is 2. The van der Waals surface area contributed by atoms with Crippen LogP contribution in [0.2, 0.25) is 0 Å². The van der Waals surface area contributed by atoms with Gasteiger partial charge in [-0.3, -0.25) is 14.7 Å². The Kier molecular flexibility index (Phi) is 6.81. The van der Waals surface area contributed by atoms with Crippen LogP contribution in [0, 0.1) is 0 Å². The minimum atomic E-state index is -0.636. The van der Waals surface area contributed by atoms with E-state index in [-0.39, 0.29) is 12.5 Å². The van der Waals surface area contributed by atoms with Gasteiger partial charge in [0.05, 0.1) is 13.7 Å². The summed E-state index contributed by atoms with van der Waals surface area (Å²) in [4.78, 5) is 31.6. The minimum Gasteiger partial charge on any atom is -0.468 e. The van der Waals surface area contributed by atoms with Crippen molar-refractivity contribution in [3.05, 3.63) is 30.1 Å². The van der Waals surface area contributed by atoms with E-state index in [1.54, 1.807) is 41.4 Å². The van der Waals surface area contributed by atoms with Gasteiger partial charge >= 0.3 is 5.97 Å². The number of hydrogen-bond donors (Lipinski definition) is 0. The molecule has 1 rings (SSSR count). The van der Waals surface area contributed by atoms with Gasteiger partial charge in [0.15, 0.2) is 0 Å². The van der Waals surface area contributed by atoms with Gasteiger partial charge in [0.1, 0.15) is 6.04 Å². The Morgan fingerprint density at radius 1 is 1.33 bits per heavy atom. The molecule has 0 aliphatic carbocycles. The highest BCUT2D eigenvalue weighted by molar-refractivity contribution is 5.81. The molecule has 0 radical (unpaired) electrons. The van der Waals surface area contributed by atoms with E-state index in [9.17, 15) is 9.59 Å². The van der Waals surface area contributed by atoms with Crippen LogP contribution in [-0.2, 0) is 14.3 Å². The molecule has 1 aromatic heterocycles. The molecule has 0 fully saturated rings. The monoisotopic (exact) mass is 293 g/mol. The maximum absolute atomic E-state index is 12.2. The van der Waals surface area contributed by atoms with Crippen molar-refractivity contribution >= 4 is 11.9 Å². The number of amides is 1. The normalized spacial score (nSPS) is 12.0. The molecular formula is C15H23N3O3. The van der Waals surface area contributed by atoms with Gasteiger partial charge in [-0.15, -0.1) is 0 Å². The first-order valence-corrected chi connectivity index (χ1v) is 7.00. The van der Waals surface area contributed by atoms with E-state index in [4.69, 9.17) is 4.74 Å². The summed E-state index contributed by atoms with van der Waals surface area (Å²) in [6, 6.07) is 2.92. The van der Waals surface area contributed by atoms with Crippen LogP contribution in [0.5, 0.6) is 0 Å². The number of hydrogen-bond acceptors (Lipinski definition) is 5. The second kappa shape index (κ2) is 8.36. The van der Waals surface area contributed by atoms with Gasteiger partial charge in [-0.2, -0.15) is 0 Å². The van der Waals surface area contributed by atoms with Crippen LogP contribution in [-0.4, -0.2) is 60.5 Å². The lowest BCUT2D eigenvalue weighted by Gasteiger charge is -2.28. The fourth-order valence-electron chi connectivity index (χ4n) is 2.20. The quantitative estimate of drug-likeness (QED) is 0.704. The third-order valence-corrected chi connectivity index (χ3v) is 3.37. The second-order valence-corrected chi connectivity index (χ2v) is 4.69. The molecule has 6 nitrogen and oxygen atoms in total. The summed E-state index contributed by atoms with van der Waals surface area (Å²) >= 11 is 0. The molecule has 0 bridgehead atoms. The lowest BCUT2D eigenvalue weighted by molar-refractivity contribution is -0.147. The van der Waals surface area contributed by atoms with Crippen LogP contribution in [0.15, 0.2) is 24.5 Å². The van der Waals surface area contributed by atoms with Gasteiger partial charge in [-0.1, -0.05) is 6.07 Å². The van der Waals surface area contributed by atoms with Crippen molar-refractivity contribution in [1.29, 1.82) is 0 Å². The maximum atomic E-state index is 12.2. The molecule has 0 spiro atoms. The molecular weight excluding hydrogens is 270 g/mol. The molecule has 0 unspecified atom stereocenters. The van der Waals surface area contributed by atoms with Crippen LogP contribution >= 0.6 is 0 Å². The van der Waals surface area contributed by atoms with Crippen molar-refractivity contribution in [1.82, 2.24) is 14.8 Å². The number of methoxy groups -OCH3 is 1. The highest BCUT2D eigenvalue weighted by Crippen LogP contribution is 2.20. The Morgan fingerprint density at radius 2 is 2.00 bits per heavy atom. The summed E-state index contributed by atoms with van der Waals surface area (Å²) in [5, 5.41) is 0. The van der Waals surface area contributed by atoms with Crippen molar-refractivity contribution in [3.63, 3.8) is 0 Å². The van der Waals surface area contributed by atoms with Crippen LogP contribution < -0.4 is 0 Å². The Bertz CT molecular complexity index is 460. The summed E-state index contributed by atoms with van der Waals surface area (Å²) in [7, 11) is 3.07. The Hall–Kier alpha value is -1.95. The van der Waals surface area contributed by atoms with Gasteiger partial charge in [0.2, 0.25) is 5.91 Å². The largest absolute Gasteiger partial charge is 0.468 e. The third-order valence-electron chi connectivity index (χ3n) is 3.37. The number of rotatable bonds is 7. The summed E-state index contributed by atoms with van der Waals surface area (Å²) < 4.78 is 4.85. The first kappa shape index (κ1) is 17.1. The molecule has 0 saturated heterocycles. The summed E-state index contributed by atoms with van der Waals surface area (Å²) in [6.45, 7) is 5.31. The predicted octanol–water partition coefficient (Wildman–Crippen LogP) is 1.10. The molecule has 21 heavy (non-hydrogen) atoms. The molecule has 6 heteroatoms. The number of pyridine rings is 1. The standard InChI is InChI=1S/C15H23N3O3/c1-5-18(6-2)13(19)11-17(3)14(15(20)21-4)12-8-7-9-16-10-12/h7-10,14H,5-6,11H2,1-4H3/t14-/m0/s1. The van der Waals surface area contributed by atoms with E-state index in [2.05, 4.69) is 4.98 Å². The fourth-order valence-corrected chi connectivity index (χ4v) is 2.20. The van der Waals surface area contributed by atoms with Crippen LogP contribution in [0.1, 0.15) is 25.5 Å². The fraction of sp³-hybridized carbons (Fsp3) is 0.533. The first-order chi connectivity index (χ1) is 10.0. The summed E-state index contributed by atoms with van der Waals surface area (Å²) in [5.41, 5.74) is 0.708. The van der Waals surface area contributed by atoms with E-state index in [1.165, 1.54) is 7.11 Å². The molecule has 1 atom stereocenters. The van der Waals surface area contributed by atoms with Crippen molar-refractivity contribution < 1.29 is 14.3 Å². The average molecular weight is 293 g/mol. The molecule has 1 aromatic rings. The van der Waals surface area contributed by atoms with Gasteiger partial charge in [-0.25, -0.2) is 4.79 Å². The van der Waals surface area contributed by atoms with Gasteiger partial charge in [-0.05, 0) is 32.5 Å². The molecule has 0 aromatic carbocycles. The number of ether oxygens (including phenoxy) is 1. The van der Waals surface area contributed by atoms with Crippen molar-refractivity contribution in [3.8, 4) is 0 Å². The van der Waals surface area contributed by atoms with E-state index < -0.39 is 12.0 Å². The zero-order valence-electron chi connectivity index (χ0n) is 13.1. The SMILES string of the molecule is CCN(CC)C(=O)CN(C)[C@H](C(=O)OC)c1cccnc1. The predicted molar refractivity (Wildman–Crippen MR) is 79.6 cm³/mol. The number of carbonyl (C=O) groups excluding carboxylic acids is 2. The van der Waals surface area contributed by atoms with Crippen LogP contribution in [0.4, 0.5) is 0 Å². The van der Waals surface area contributed by atoms with Crippen LogP contribution in [0.3, 0.4) is 0 Å². The molecule has 1 heterocycles. The van der Waals surface area contributed by atoms with E-state index in [0.717, 1.165) is 0 Å². The second-order valence-electron chi connectivity index (χ2n) is 4.69. The Balaban J connectivity index is 2.89. The van der Waals surface area contributed by atoms with Crippen molar-refractivity contribution in [2.75, 3.05) is 33.8 Å². The van der Waals surface area contributed by atoms with Crippen LogP contribution in [0.25, 0.3) is 0 Å². The molecule has 0 N–H and O–H groups in total. The van der Waals surface area contributed by atoms with Gasteiger partial charge in [0.25, 0.3) is 0 Å². The van der Waals surface area contributed by atoms with E-state index in [1.807, 2.05) is 13.8 Å². The first-order valence-electron chi connectivity index (χ1n) is 7.00. The average Bonchev–Trinajstić information content (AvgIpc) is 2.49. The van der Waals surface area contributed by atoms with Gasteiger partial charge in [0, 0.05) is 25.5 Å². The minimum absolute atomic E-state index is 0.0136. The lowest BCUT2D eigenvalue weighted by atomic mass is 10.1. The smallest absolute Gasteiger partial charge is 0.327 e. The molecule has 116 valence electrons. The Morgan fingerprint density at radius 3 is 2.48 bits per heavy atom. The van der Waals surface area contributed by atoms with Crippen molar-refractivity contribution in [2.45, 2.75) is 19.9 Å². The maximum Gasteiger partial charge on any atom is 0.327 e. The van der Waals surface area contributed by atoms with E-state index >= 15 is 0 Å².